The lowest BCUT2D eigenvalue weighted by Crippen LogP contribution is -2.28. The van der Waals surface area contributed by atoms with Gasteiger partial charge in [-0.15, -0.1) is 0 Å². The molecule has 1 N–H and O–H groups in total. The number of allylic oxidation sites excluding steroid dienone is 2. The molecule has 5 nitrogen and oxygen atoms in total. The lowest BCUT2D eigenvalue weighted by Gasteiger charge is -2.17. The molecule has 1 aliphatic carbocycles. The number of hydrogen-bond donors (Lipinski definition) is 1. The van der Waals surface area contributed by atoms with Crippen LogP contribution >= 0.6 is 0 Å². The van der Waals surface area contributed by atoms with Gasteiger partial charge in [0, 0.05) is 5.57 Å². The monoisotopic (exact) mass is 206 g/mol. The van der Waals surface area contributed by atoms with Crippen molar-refractivity contribution in [2.75, 3.05) is 0 Å². The molecule has 0 aromatic heterocycles. The summed E-state index contributed by atoms with van der Waals surface area (Å²) in [7, 11) is 0. The zero-order valence-electron chi connectivity index (χ0n) is 8.14. The molecule has 2 unspecified atom stereocenters. The summed E-state index contributed by atoms with van der Waals surface area (Å²) in [6.45, 7) is 1.48. The maximum absolute atomic E-state index is 11.1. The van der Waals surface area contributed by atoms with Crippen LogP contribution in [0.15, 0.2) is 35.7 Å². The summed E-state index contributed by atoms with van der Waals surface area (Å²) >= 11 is 0. The third-order valence-electron chi connectivity index (χ3n) is 2.61. The molecule has 0 spiro atoms. The molecule has 0 amide bonds. The minimum Gasteiger partial charge on any atom is -0.378 e. The normalized spacial score (nSPS) is 27.5. The number of ketones is 1. The molecule has 1 aliphatic heterocycles. The van der Waals surface area contributed by atoms with E-state index in [0.717, 1.165) is 0 Å². The van der Waals surface area contributed by atoms with Crippen LogP contribution in [0.4, 0.5) is 0 Å². The first-order valence-corrected chi connectivity index (χ1v) is 4.61. The average Bonchev–Trinajstić information content (AvgIpc) is 2.59. The summed E-state index contributed by atoms with van der Waals surface area (Å²) in [6.07, 6.45) is 6.49. The standard InChI is InChI=1S/C10H10N2O3/c1-6(13)7-2-3-8-9(4-7)11-5-10(8)12(14)15/h2-5,8-9,11H,1H3. The quantitative estimate of drug-likeness (QED) is 0.535. The van der Waals surface area contributed by atoms with Crippen molar-refractivity contribution in [3.05, 3.63) is 45.8 Å². The van der Waals surface area contributed by atoms with E-state index in [1.165, 1.54) is 13.1 Å². The molecule has 2 rings (SSSR count). The number of carbonyl (C=O) groups excluding carboxylic acids is 1. The summed E-state index contributed by atoms with van der Waals surface area (Å²) in [6, 6.07) is -0.158. The van der Waals surface area contributed by atoms with Gasteiger partial charge >= 0.3 is 0 Å². The Kier molecular flexibility index (Phi) is 2.15. The van der Waals surface area contributed by atoms with E-state index < -0.39 is 4.92 Å². The summed E-state index contributed by atoms with van der Waals surface area (Å²) in [5, 5.41) is 13.5. The van der Waals surface area contributed by atoms with Crippen molar-refractivity contribution in [3.63, 3.8) is 0 Å². The molecule has 2 aliphatic rings. The van der Waals surface area contributed by atoms with E-state index in [4.69, 9.17) is 0 Å². The van der Waals surface area contributed by atoms with Crippen molar-refractivity contribution in [2.24, 2.45) is 5.92 Å². The van der Waals surface area contributed by atoms with Crippen LogP contribution in [0, 0.1) is 16.0 Å². The van der Waals surface area contributed by atoms with Gasteiger partial charge in [-0.05, 0) is 6.92 Å². The van der Waals surface area contributed by atoms with Crippen molar-refractivity contribution < 1.29 is 9.72 Å². The molecule has 0 radical (unpaired) electrons. The molecule has 0 aromatic carbocycles. The average molecular weight is 206 g/mol. The number of hydrogen-bond acceptors (Lipinski definition) is 4. The van der Waals surface area contributed by atoms with Crippen molar-refractivity contribution in [3.8, 4) is 0 Å². The molecule has 15 heavy (non-hydrogen) atoms. The molecular formula is C10H10N2O3. The van der Waals surface area contributed by atoms with Crippen molar-refractivity contribution in [2.45, 2.75) is 13.0 Å². The van der Waals surface area contributed by atoms with E-state index in [1.54, 1.807) is 18.2 Å². The van der Waals surface area contributed by atoms with Crippen LogP contribution in [-0.2, 0) is 4.79 Å². The third-order valence-corrected chi connectivity index (χ3v) is 2.61. The Balaban J connectivity index is 2.24. The van der Waals surface area contributed by atoms with Crippen molar-refractivity contribution in [1.29, 1.82) is 0 Å². The van der Waals surface area contributed by atoms with Crippen LogP contribution in [0.25, 0.3) is 0 Å². The second-order valence-corrected chi connectivity index (χ2v) is 3.58. The Hall–Kier alpha value is -1.91. The summed E-state index contributed by atoms with van der Waals surface area (Å²) < 4.78 is 0. The highest BCUT2D eigenvalue weighted by Crippen LogP contribution is 2.28. The molecule has 5 heteroatoms. The zero-order chi connectivity index (χ0) is 11.0. The first-order chi connectivity index (χ1) is 7.09. The Morgan fingerprint density at radius 1 is 1.60 bits per heavy atom. The minimum absolute atomic E-state index is 0.0268. The number of carbonyl (C=O) groups is 1. The van der Waals surface area contributed by atoms with Gasteiger partial charge in [-0.2, -0.15) is 0 Å². The number of nitrogens with zero attached hydrogens (tertiary/aromatic N) is 1. The van der Waals surface area contributed by atoms with Gasteiger partial charge < -0.3 is 5.32 Å². The second-order valence-electron chi connectivity index (χ2n) is 3.58. The number of Topliss-reactive ketones (excluding diaryl/α,β-unsaturated/α-hetero) is 1. The first kappa shape index (κ1) is 9.64. The first-order valence-electron chi connectivity index (χ1n) is 4.61. The van der Waals surface area contributed by atoms with Gasteiger partial charge in [-0.1, -0.05) is 18.2 Å². The summed E-state index contributed by atoms with van der Waals surface area (Å²) in [5.41, 5.74) is 0.747. The Labute approximate surface area is 86.3 Å². The molecular weight excluding hydrogens is 196 g/mol. The van der Waals surface area contributed by atoms with E-state index in [2.05, 4.69) is 5.32 Å². The lowest BCUT2D eigenvalue weighted by molar-refractivity contribution is -0.431. The predicted molar refractivity (Wildman–Crippen MR) is 53.4 cm³/mol. The molecule has 0 saturated carbocycles. The van der Waals surface area contributed by atoms with Crippen LogP contribution in [0.2, 0.25) is 0 Å². The fourth-order valence-corrected chi connectivity index (χ4v) is 1.80. The predicted octanol–water partition coefficient (Wildman–Crippen LogP) is 0.778. The third kappa shape index (κ3) is 1.56. The van der Waals surface area contributed by atoms with Crippen molar-refractivity contribution in [1.82, 2.24) is 5.32 Å². The van der Waals surface area contributed by atoms with E-state index in [0.29, 0.717) is 5.57 Å². The molecule has 0 aromatic rings. The van der Waals surface area contributed by atoms with Gasteiger partial charge in [0.05, 0.1) is 23.1 Å². The van der Waals surface area contributed by atoms with Crippen LogP contribution in [-0.4, -0.2) is 16.7 Å². The van der Waals surface area contributed by atoms with Gasteiger partial charge in [0.1, 0.15) is 0 Å². The van der Waals surface area contributed by atoms with Gasteiger partial charge in [0.2, 0.25) is 0 Å². The summed E-state index contributed by atoms with van der Waals surface area (Å²) in [4.78, 5) is 21.4. The molecule has 78 valence electrons. The van der Waals surface area contributed by atoms with Crippen LogP contribution < -0.4 is 5.32 Å². The highest BCUT2D eigenvalue weighted by atomic mass is 16.6. The Morgan fingerprint density at radius 3 is 2.93 bits per heavy atom. The molecule has 0 saturated heterocycles. The maximum Gasteiger partial charge on any atom is 0.270 e. The molecule has 0 bridgehead atoms. The number of nitrogens with one attached hydrogen (secondary N) is 1. The highest BCUT2D eigenvalue weighted by Gasteiger charge is 2.36. The van der Waals surface area contributed by atoms with Crippen LogP contribution in [0.3, 0.4) is 0 Å². The Morgan fingerprint density at radius 2 is 2.33 bits per heavy atom. The highest BCUT2D eigenvalue weighted by molar-refractivity contribution is 5.96. The molecule has 2 atom stereocenters. The minimum atomic E-state index is -0.394. The van der Waals surface area contributed by atoms with Crippen LogP contribution in [0.1, 0.15) is 6.92 Å². The zero-order valence-corrected chi connectivity index (χ0v) is 8.14. The van der Waals surface area contributed by atoms with Gasteiger partial charge in [-0.25, -0.2) is 0 Å². The molecule has 0 fully saturated rings. The topological polar surface area (TPSA) is 72.2 Å². The summed E-state index contributed by atoms with van der Waals surface area (Å²) in [5.74, 6) is -0.288. The lowest BCUT2D eigenvalue weighted by atomic mass is 9.91. The van der Waals surface area contributed by atoms with E-state index in [9.17, 15) is 14.9 Å². The number of nitro groups is 1. The number of rotatable bonds is 2. The fourth-order valence-electron chi connectivity index (χ4n) is 1.80. The van der Waals surface area contributed by atoms with Gasteiger partial charge in [0.15, 0.2) is 5.78 Å². The van der Waals surface area contributed by atoms with E-state index in [-0.39, 0.29) is 23.4 Å². The largest absolute Gasteiger partial charge is 0.378 e. The maximum atomic E-state index is 11.1. The molecule has 1 heterocycles. The smallest absolute Gasteiger partial charge is 0.270 e. The van der Waals surface area contributed by atoms with Crippen LogP contribution in [0.5, 0.6) is 0 Å². The van der Waals surface area contributed by atoms with E-state index in [1.807, 2.05) is 0 Å². The fraction of sp³-hybridized carbons (Fsp3) is 0.300. The second kappa shape index (κ2) is 3.34. The Bertz CT molecular complexity index is 420. The van der Waals surface area contributed by atoms with Gasteiger partial charge in [-0.3, -0.25) is 14.9 Å². The number of fused-ring (bicyclic) bond motifs is 1. The SMILES string of the molecule is CC(=O)C1=CC2NC=C([N+](=O)[O-])C2C=C1. The van der Waals surface area contributed by atoms with E-state index >= 15 is 0 Å². The van der Waals surface area contributed by atoms with Crippen molar-refractivity contribution >= 4 is 5.78 Å². The van der Waals surface area contributed by atoms with Gasteiger partial charge in [0.25, 0.3) is 5.70 Å².